The molecule has 0 saturated carbocycles. The van der Waals surface area contributed by atoms with E-state index in [2.05, 4.69) is 10.6 Å². The molecule has 1 aliphatic heterocycles. The van der Waals surface area contributed by atoms with Crippen LogP contribution in [0.15, 0.2) is 42.5 Å². The van der Waals surface area contributed by atoms with Crippen molar-refractivity contribution in [1.82, 2.24) is 10.2 Å². The fourth-order valence-electron chi connectivity index (χ4n) is 3.29. The fraction of sp³-hybridized carbons (Fsp3) is 0.333. The molecule has 1 heterocycles. The van der Waals surface area contributed by atoms with Crippen molar-refractivity contribution in [2.45, 2.75) is 32.9 Å². The molecule has 1 fully saturated rings. The number of halogens is 1. The summed E-state index contributed by atoms with van der Waals surface area (Å²) in [7, 11) is 0. The van der Waals surface area contributed by atoms with Gasteiger partial charge in [0.1, 0.15) is 5.82 Å². The van der Waals surface area contributed by atoms with E-state index in [9.17, 15) is 14.0 Å². The Balaban J connectivity index is 1.73. The van der Waals surface area contributed by atoms with E-state index in [0.717, 1.165) is 37.1 Å². The van der Waals surface area contributed by atoms with Crippen LogP contribution in [0.25, 0.3) is 0 Å². The molecule has 142 valence electrons. The molecule has 3 rings (SSSR count). The quantitative estimate of drug-likeness (QED) is 0.821. The molecule has 2 amide bonds. The number of likely N-dealkylation sites (tertiary alicyclic amines) is 1. The minimum Gasteiger partial charge on any atom is -0.339 e. The van der Waals surface area contributed by atoms with Crippen LogP contribution in [0.4, 0.5) is 10.1 Å². The maximum Gasteiger partial charge on any atom is 0.253 e. The summed E-state index contributed by atoms with van der Waals surface area (Å²) >= 11 is 0. The minimum atomic E-state index is -0.263. The summed E-state index contributed by atoms with van der Waals surface area (Å²) in [6.45, 7) is 4.01. The highest BCUT2D eigenvalue weighted by Gasteiger charge is 2.20. The Morgan fingerprint density at radius 2 is 1.78 bits per heavy atom. The van der Waals surface area contributed by atoms with Gasteiger partial charge in [0.25, 0.3) is 5.91 Å². The van der Waals surface area contributed by atoms with Crippen molar-refractivity contribution in [2.24, 2.45) is 0 Å². The molecule has 6 heteroatoms. The average Bonchev–Trinajstić information content (AvgIpc) is 3.15. The number of hydrogen-bond acceptors (Lipinski definition) is 3. The highest BCUT2D eigenvalue weighted by Crippen LogP contribution is 2.19. The summed E-state index contributed by atoms with van der Waals surface area (Å²) in [6, 6.07) is 11.9. The van der Waals surface area contributed by atoms with Gasteiger partial charge in [-0.2, -0.15) is 0 Å². The maximum atomic E-state index is 13.3. The molecule has 0 bridgehead atoms. The second kappa shape index (κ2) is 8.77. The van der Waals surface area contributed by atoms with E-state index in [-0.39, 0.29) is 17.6 Å². The summed E-state index contributed by atoms with van der Waals surface area (Å²) in [5, 5.41) is 6.02. The molecule has 0 atom stereocenters. The van der Waals surface area contributed by atoms with Crippen molar-refractivity contribution in [2.75, 3.05) is 18.4 Å². The van der Waals surface area contributed by atoms with E-state index in [1.807, 2.05) is 23.1 Å². The first kappa shape index (κ1) is 19.0. The third-order valence-corrected chi connectivity index (χ3v) is 4.50. The van der Waals surface area contributed by atoms with Gasteiger partial charge in [-0.15, -0.1) is 0 Å². The number of rotatable bonds is 6. The van der Waals surface area contributed by atoms with E-state index in [4.69, 9.17) is 0 Å². The van der Waals surface area contributed by atoms with E-state index >= 15 is 0 Å². The predicted molar refractivity (Wildman–Crippen MR) is 103 cm³/mol. The second-order valence-electron chi connectivity index (χ2n) is 6.83. The van der Waals surface area contributed by atoms with Crippen LogP contribution < -0.4 is 10.6 Å². The van der Waals surface area contributed by atoms with Crippen LogP contribution in [0.2, 0.25) is 0 Å². The Morgan fingerprint density at radius 3 is 2.48 bits per heavy atom. The van der Waals surface area contributed by atoms with Crippen molar-refractivity contribution in [3.05, 3.63) is 65.0 Å². The molecule has 0 radical (unpaired) electrons. The van der Waals surface area contributed by atoms with Gasteiger partial charge in [0.15, 0.2) is 0 Å². The largest absolute Gasteiger partial charge is 0.339 e. The zero-order valence-electron chi connectivity index (χ0n) is 15.4. The smallest absolute Gasteiger partial charge is 0.253 e. The number of nitrogens with zero attached hydrogens (tertiary/aromatic N) is 1. The fourth-order valence-corrected chi connectivity index (χ4v) is 3.29. The molecule has 0 unspecified atom stereocenters. The number of carbonyl (C=O) groups excluding carboxylic acids is 2. The van der Waals surface area contributed by atoms with Gasteiger partial charge in [0, 0.05) is 44.4 Å². The average molecular weight is 369 g/mol. The third-order valence-electron chi connectivity index (χ3n) is 4.50. The van der Waals surface area contributed by atoms with Gasteiger partial charge < -0.3 is 15.5 Å². The van der Waals surface area contributed by atoms with E-state index in [1.165, 1.54) is 19.1 Å². The highest BCUT2D eigenvalue weighted by molar-refractivity contribution is 5.97. The monoisotopic (exact) mass is 369 g/mol. The summed E-state index contributed by atoms with van der Waals surface area (Å²) in [4.78, 5) is 26.0. The van der Waals surface area contributed by atoms with Crippen molar-refractivity contribution in [3.63, 3.8) is 0 Å². The number of nitrogens with one attached hydrogen (secondary N) is 2. The Kier molecular flexibility index (Phi) is 6.19. The van der Waals surface area contributed by atoms with Gasteiger partial charge >= 0.3 is 0 Å². The lowest BCUT2D eigenvalue weighted by molar-refractivity contribution is -0.114. The summed E-state index contributed by atoms with van der Waals surface area (Å²) in [5.74, 6) is -0.453. The Hall–Kier alpha value is -2.73. The minimum absolute atomic E-state index is 0.00826. The molecule has 0 spiro atoms. The van der Waals surface area contributed by atoms with E-state index < -0.39 is 0 Å². The molecule has 1 aliphatic rings. The molecule has 0 aromatic heterocycles. The molecule has 2 aromatic carbocycles. The topological polar surface area (TPSA) is 61.4 Å². The van der Waals surface area contributed by atoms with Crippen LogP contribution in [0, 0.1) is 5.82 Å². The molecule has 2 aromatic rings. The van der Waals surface area contributed by atoms with Gasteiger partial charge in [-0.3, -0.25) is 9.59 Å². The van der Waals surface area contributed by atoms with Crippen LogP contribution in [-0.4, -0.2) is 29.8 Å². The van der Waals surface area contributed by atoms with Crippen molar-refractivity contribution >= 4 is 17.5 Å². The predicted octanol–water partition coefficient (Wildman–Crippen LogP) is 3.31. The normalized spacial score (nSPS) is 13.6. The lowest BCUT2D eigenvalue weighted by Gasteiger charge is -2.17. The van der Waals surface area contributed by atoms with Crippen LogP contribution in [-0.2, 0) is 17.9 Å². The highest BCUT2D eigenvalue weighted by atomic mass is 19.1. The molecule has 27 heavy (non-hydrogen) atoms. The van der Waals surface area contributed by atoms with Crippen LogP contribution in [0.5, 0.6) is 0 Å². The molecular weight excluding hydrogens is 345 g/mol. The molecule has 2 N–H and O–H groups in total. The van der Waals surface area contributed by atoms with Gasteiger partial charge in [-0.25, -0.2) is 4.39 Å². The first-order valence-corrected chi connectivity index (χ1v) is 9.17. The van der Waals surface area contributed by atoms with Gasteiger partial charge in [-0.1, -0.05) is 12.1 Å². The number of anilines is 1. The third kappa shape index (κ3) is 5.37. The molecule has 5 nitrogen and oxygen atoms in total. The van der Waals surface area contributed by atoms with Crippen LogP contribution in [0.1, 0.15) is 41.3 Å². The van der Waals surface area contributed by atoms with Crippen LogP contribution >= 0.6 is 0 Å². The number of hydrogen-bond donors (Lipinski definition) is 2. The SMILES string of the molecule is CC(=O)Nc1cc(CNCc2cccc(F)c2)cc(C(=O)N2CCCC2)c1. The first-order chi connectivity index (χ1) is 13.0. The number of carbonyl (C=O) groups is 2. The second-order valence-corrected chi connectivity index (χ2v) is 6.83. The summed E-state index contributed by atoms with van der Waals surface area (Å²) in [5.41, 5.74) is 2.92. The van der Waals surface area contributed by atoms with E-state index in [1.54, 1.807) is 12.1 Å². The Labute approximate surface area is 158 Å². The zero-order chi connectivity index (χ0) is 19.2. The van der Waals surface area contributed by atoms with Crippen LogP contribution in [0.3, 0.4) is 0 Å². The lowest BCUT2D eigenvalue weighted by atomic mass is 10.1. The summed E-state index contributed by atoms with van der Waals surface area (Å²) in [6.07, 6.45) is 2.05. The number of amides is 2. The molecular formula is C21H24FN3O2. The maximum absolute atomic E-state index is 13.3. The molecule has 0 aliphatic carbocycles. The standard InChI is InChI=1S/C21H24FN3O2/c1-15(26)24-20-11-17(14-23-13-16-5-4-6-19(22)10-16)9-18(12-20)21(27)25-7-2-3-8-25/h4-6,9-12,23H,2-3,7-8,13-14H2,1H3,(H,24,26). The van der Waals surface area contributed by atoms with Gasteiger partial charge in [0.05, 0.1) is 0 Å². The van der Waals surface area contributed by atoms with E-state index in [0.29, 0.717) is 24.3 Å². The lowest BCUT2D eigenvalue weighted by Crippen LogP contribution is -2.28. The van der Waals surface area contributed by atoms with Crippen molar-refractivity contribution < 1.29 is 14.0 Å². The van der Waals surface area contributed by atoms with Crippen molar-refractivity contribution in [1.29, 1.82) is 0 Å². The molecule has 1 saturated heterocycles. The summed E-state index contributed by atoms with van der Waals surface area (Å²) < 4.78 is 13.3. The van der Waals surface area contributed by atoms with Gasteiger partial charge in [0.2, 0.25) is 5.91 Å². The Morgan fingerprint density at radius 1 is 1.04 bits per heavy atom. The van der Waals surface area contributed by atoms with Gasteiger partial charge in [-0.05, 0) is 54.3 Å². The zero-order valence-corrected chi connectivity index (χ0v) is 15.4. The first-order valence-electron chi connectivity index (χ1n) is 9.17. The Bertz CT molecular complexity index is 832. The number of benzene rings is 2. The van der Waals surface area contributed by atoms with Crippen molar-refractivity contribution in [3.8, 4) is 0 Å².